The molecule has 0 bridgehead atoms. The number of hydrogen-bond acceptors (Lipinski definition) is 4. The standard InChI is InChI=1S/C18H24FN3O3/c1-3-20(4-2)14-7-9-21(10-8-14)17(23)12-22-15-11-13(19)5-6-16(15)25-18(22)24/h5-6,11,14H,3-4,7-10,12H2,1-2H3. The molecule has 0 N–H and O–H groups in total. The van der Waals surface area contributed by atoms with E-state index < -0.39 is 11.6 Å². The van der Waals surface area contributed by atoms with Crippen LogP contribution in [0.3, 0.4) is 0 Å². The molecular formula is C18H24FN3O3. The van der Waals surface area contributed by atoms with Gasteiger partial charge in [0, 0.05) is 25.2 Å². The molecule has 0 atom stereocenters. The molecule has 1 amide bonds. The highest BCUT2D eigenvalue weighted by atomic mass is 19.1. The molecule has 1 fully saturated rings. The Hall–Kier alpha value is -2.15. The Morgan fingerprint density at radius 2 is 1.96 bits per heavy atom. The Morgan fingerprint density at radius 1 is 1.28 bits per heavy atom. The zero-order valence-corrected chi connectivity index (χ0v) is 14.7. The summed E-state index contributed by atoms with van der Waals surface area (Å²) >= 11 is 0. The number of benzene rings is 1. The minimum Gasteiger partial charge on any atom is -0.408 e. The molecule has 3 rings (SSSR count). The van der Waals surface area contributed by atoms with Gasteiger partial charge in [-0.2, -0.15) is 0 Å². The number of carbonyl (C=O) groups is 1. The van der Waals surface area contributed by atoms with E-state index in [9.17, 15) is 14.0 Å². The van der Waals surface area contributed by atoms with Crippen LogP contribution in [-0.2, 0) is 11.3 Å². The Morgan fingerprint density at radius 3 is 2.60 bits per heavy atom. The summed E-state index contributed by atoms with van der Waals surface area (Å²) < 4.78 is 19.7. The second kappa shape index (κ2) is 7.39. The van der Waals surface area contributed by atoms with Crippen LogP contribution in [0.5, 0.6) is 0 Å². The summed E-state index contributed by atoms with van der Waals surface area (Å²) in [6, 6.07) is 4.36. The lowest BCUT2D eigenvalue weighted by Crippen LogP contribution is -2.47. The summed E-state index contributed by atoms with van der Waals surface area (Å²) in [5.74, 6) is -1.23. The maximum Gasteiger partial charge on any atom is 0.420 e. The van der Waals surface area contributed by atoms with Crippen molar-refractivity contribution in [3.63, 3.8) is 0 Å². The fourth-order valence-electron chi connectivity index (χ4n) is 3.64. The van der Waals surface area contributed by atoms with Crippen molar-refractivity contribution in [3.8, 4) is 0 Å². The number of piperidine rings is 1. The first-order valence-electron chi connectivity index (χ1n) is 8.84. The lowest BCUT2D eigenvalue weighted by atomic mass is 10.0. The molecule has 1 saturated heterocycles. The molecule has 1 aliphatic heterocycles. The van der Waals surface area contributed by atoms with Crippen LogP contribution in [0.25, 0.3) is 11.1 Å². The molecule has 1 aromatic heterocycles. The molecule has 0 saturated carbocycles. The Kier molecular flexibility index (Phi) is 5.22. The third-order valence-corrected chi connectivity index (χ3v) is 5.07. The zero-order chi connectivity index (χ0) is 18.0. The normalized spacial score (nSPS) is 16.1. The van der Waals surface area contributed by atoms with E-state index >= 15 is 0 Å². The van der Waals surface area contributed by atoms with Gasteiger partial charge in [-0.15, -0.1) is 0 Å². The van der Waals surface area contributed by atoms with Gasteiger partial charge in [0.05, 0.1) is 5.52 Å². The third kappa shape index (κ3) is 3.61. The molecule has 25 heavy (non-hydrogen) atoms. The fourth-order valence-corrected chi connectivity index (χ4v) is 3.64. The number of fused-ring (bicyclic) bond motifs is 1. The molecule has 0 aliphatic carbocycles. The van der Waals surface area contributed by atoms with Gasteiger partial charge in [-0.05, 0) is 38.1 Å². The Balaban J connectivity index is 1.69. The van der Waals surface area contributed by atoms with Crippen molar-refractivity contribution in [2.75, 3.05) is 26.2 Å². The molecule has 2 aromatic rings. The molecule has 7 heteroatoms. The first-order valence-corrected chi connectivity index (χ1v) is 8.84. The number of aromatic nitrogens is 1. The van der Waals surface area contributed by atoms with Crippen molar-refractivity contribution < 1.29 is 13.6 Å². The summed E-state index contributed by atoms with van der Waals surface area (Å²) in [4.78, 5) is 28.8. The van der Waals surface area contributed by atoms with E-state index in [0.717, 1.165) is 25.9 Å². The number of carbonyl (C=O) groups excluding carboxylic acids is 1. The van der Waals surface area contributed by atoms with Crippen LogP contribution in [-0.4, -0.2) is 52.5 Å². The van der Waals surface area contributed by atoms with Crippen LogP contribution in [0.2, 0.25) is 0 Å². The second-order valence-electron chi connectivity index (χ2n) is 6.40. The highest BCUT2D eigenvalue weighted by molar-refractivity contribution is 5.79. The molecule has 0 radical (unpaired) electrons. The van der Waals surface area contributed by atoms with Gasteiger partial charge in [-0.3, -0.25) is 9.36 Å². The van der Waals surface area contributed by atoms with Crippen LogP contribution in [0.1, 0.15) is 26.7 Å². The summed E-state index contributed by atoms with van der Waals surface area (Å²) in [5, 5.41) is 0. The molecule has 2 heterocycles. The quantitative estimate of drug-likeness (QED) is 0.829. The number of rotatable bonds is 5. The number of amides is 1. The van der Waals surface area contributed by atoms with E-state index in [-0.39, 0.29) is 12.5 Å². The molecule has 0 unspecified atom stereocenters. The van der Waals surface area contributed by atoms with Gasteiger partial charge >= 0.3 is 5.76 Å². The van der Waals surface area contributed by atoms with Gasteiger partial charge in [0.2, 0.25) is 5.91 Å². The summed E-state index contributed by atoms with van der Waals surface area (Å²) in [6.07, 6.45) is 1.87. The lowest BCUT2D eigenvalue weighted by Gasteiger charge is -2.37. The van der Waals surface area contributed by atoms with Gasteiger partial charge in [-0.25, -0.2) is 9.18 Å². The number of oxazole rings is 1. The second-order valence-corrected chi connectivity index (χ2v) is 6.40. The predicted octanol–water partition coefficient (Wildman–Crippen LogP) is 2.07. The number of hydrogen-bond donors (Lipinski definition) is 0. The number of nitrogens with zero attached hydrogens (tertiary/aromatic N) is 3. The van der Waals surface area contributed by atoms with Crippen LogP contribution >= 0.6 is 0 Å². The topological polar surface area (TPSA) is 58.7 Å². The van der Waals surface area contributed by atoms with Crippen molar-refractivity contribution in [3.05, 3.63) is 34.6 Å². The Labute approximate surface area is 145 Å². The molecule has 6 nitrogen and oxygen atoms in total. The van der Waals surface area contributed by atoms with Gasteiger partial charge in [-0.1, -0.05) is 13.8 Å². The average molecular weight is 349 g/mol. The van der Waals surface area contributed by atoms with Crippen molar-refractivity contribution in [1.29, 1.82) is 0 Å². The molecular weight excluding hydrogens is 325 g/mol. The number of halogens is 1. The minimum atomic E-state index is -0.632. The van der Waals surface area contributed by atoms with E-state index in [1.165, 1.54) is 22.8 Å². The first-order chi connectivity index (χ1) is 12.0. The van der Waals surface area contributed by atoms with Crippen LogP contribution in [0.15, 0.2) is 27.4 Å². The van der Waals surface area contributed by atoms with E-state index in [0.29, 0.717) is 30.2 Å². The third-order valence-electron chi connectivity index (χ3n) is 5.07. The number of likely N-dealkylation sites (tertiary alicyclic amines) is 1. The zero-order valence-electron chi connectivity index (χ0n) is 14.7. The highest BCUT2D eigenvalue weighted by Gasteiger charge is 2.26. The van der Waals surface area contributed by atoms with Gasteiger partial charge in [0.25, 0.3) is 0 Å². The first kappa shape index (κ1) is 17.7. The summed E-state index contributed by atoms with van der Waals surface area (Å²) in [7, 11) is 0. The largest absolute Gasteiger partial charge is 0.420 e. The van der Waals surface area contributed by atoms with Crippen molar-refractivity contribution >= 4 is 17.0 Å². The average Bonchev–Trinajstić information content (AvgIpc) is 2.92. The maximum atomic E-state index is 13.4. The predicted molar refractivity (Wildman–Crippen MR) is 93.0 cm³/mol. The van der Waals surface area contributed by atoms with Gasteiger partial charge in [0.1, 0.15) is 12.4 Å². The maximum absolute atomic E-state index is 13.4. The van der Waals surface area contributed by atoms with Crippen LogP contribution in [0, 0.1) is 5.82 Å². The highest BCUT2D eigenvalue weighted by Crippen LogP contribution is 2.18. The SMILES string of the molecule is CCN(CC)C1CCN(C(=O)Cn2c(=O)oc3ccc(F)cc32)CC1. The van der Waals surface area contributed by atoms with Gasteiger partial charge in [0.15, 0.2) is 5.58 Å². The van der Waals surface area contributed by atoms with Crippen molar-refractivity contribution in [2.24, 2.45) is 0 Å². The van der Waals surface area contributed by atoms with E-state index in [1.807, 2.05) is 0 Å². The van der Waals surface area contributed by atoms with Crippen LogP contribution in [0.4, 0.5) is 4.39 Å². The minimum absolute atomic E-state index is 0.120. The Bertz CT molecular complexity index is 801. The molecule has 1 aliphatic rings. The molecule has 136 valence electrons. The van der Waals surface area contributed by atoms with E-state index in [4.69, 9.17) is 4.42 Å². The summed E-state index contributed by atoms with van der Waals surface area (Å²) in [6.45, 7) is 7.56. The van der Waals surface area contributed by atoms with Crippen molar-refractivity contribution in [1.82, 2.24) is 14.4 Å². The monoisotopic (exact) mass is 349 g/mol. The molecule has 0 spiro atoms. The van der Waals surface area contributed by atoms with E-state index in [2.05, 4.69) is 18.7 Å². The fraction of sp³-hybridized carbons (Fsp3) is 0.556. The molecule has 1 aromatic carbocycles. The smallest absolute Gasteiger partial charge is 0.408 e. The lowest BCUT2D eigenvalue weighted by molar-refractivity contribution is -0.133. The summed E-state index contributed by atoms with van der Waals surface area (Å²) in [5.41, 5.74) is 0.607. The van der Waals surface area contributed by atoms with Crippen LogP contribution < -0.4 is 5.76 Å². The van der Waals surface area contributed by atoms with Crippen molar-refractivity contribution in [2.45, 2.75) is 39.3 Å². The van der Waals surface area contributed by atoms with Gasteiger partial charge < -0.3 is 14.2 Å². The van der Waals surface area contributed by atoms with E-state index in [1.54, 1.807) is 4.90 Å².